The zero-order valence-electron chi connectivity index (χ0n) is 10.9. The van der Waals surface area contributed by atoms with Crippen LogP contribution in [0, 0.1) is 13.8 Å². The maximum Gasteiger partial charge on any atom is 0.271 e. The lowest BCUT2D eigenvalue weighted by atomic mass is 10.1. The summed E-state index contributed by atoms with van der Waals surface area (Å²) in [6.45, 7) is 4.05. The molecule has 4 nitrogen and oxygen atoms in total. The highest BCUT2D eigenvalue weighted by atomic mass is 16.2. The number of amides is 1. The van der Waals surface area contributed by atoms with Gasteiger partial charge < -0.3 is 0 Å². The van der Waals surface area contributed by atoms with Gasteiger partial charge >= 0.3 is 0 Å². The van der Waals surface area contributed by atoms with Gasteiger partial charge in [-0.3, -0.25) is 9.78 Å². The molecule has 0 spiro atoms. The summed E-state index contributed by atoms with van der Waals surface area (Å²) in [6.07, 6.45) is 4.79. The SMILES string of the molecule is Cc1ccc(C=NNC(=O)c2ccncc2)c(C)c1. The molecule has 2 rings (SSSR count). The Morgan fingerprint density at radius 3 is 2.63 bits per heavy atom. The summed E-state index contributed by atoms with van der Waals surface area (Å²) in [4.78, 5) is 15.6. The Morgan fingerprint density at radius 1 is 1.21 bits per heavy atom. The lowest BCUT2D eigenvalue weighted by molar-refractivity contribution is 0.0955. The van der Waals surface area contributed by atoms with E-state index in [9.17, 15) is 4.79 Å². The molecule has 0 aliphatic carbocycles. The number of nitrogens with zero attached hydrogens (tertiary/aromatic N) is 2. The van der Waals surface area contributed by atoms with E-state index < -0.39 is 0 Å². The van der Waals surface area contributed by atoms with Gasteiger partial charge in [0.25, 0.3) is 5.91 Å². The monoisotopic (exact) mass is 253 g/mol. The summed E-state index contributed by atoms with van der Waals surface area (Å²) in [5, 5.41) is 3.96. The Labute approximate surface area is 112 Å². The van der Waals surface area contributed by atoms with Crippen molar-refractivity contribution < 1.29 is 4.79 Å². The van der Waals surface area contributed by atoms with Gasteiger partial charge in [-0.2, -0.15) is 5.10 Å². The minimum absolute atomic E-state index is 0.247. The quantitative estimate of drug-likeness (QED) is 0.674. The number of aromatic nitrogens is 1. The van der Waals surface area contributed by atoms with E-state index in [-0.39, 0.29) is 5.91 Å². The first-order valence-electron chi connectivity index (χ1n) is 5.97. The second-order valence-corrected chi connectivity index (χ2v) is 4.30. The van der Waals surface area contributed by atoms with E-state index in [2.05, 4.69) is 21.6 Å². The zero-order chi connectivity index (χ0) is 13.7. The number of carbonyl (C=O) groups is 1. The van der Waals surface area contributed by atoms with Gasteiger partial charge in [0.2, 0.25) is 0 Å². The molecule has 1 aromatic carbocycles. The van der Waals surface area contributed by atoms with Crippen molar-refractivity contribution in [2.45, 2.75) is 13.8 Å². The van der Waals surface area contributed by atoms with Crippen LogP contribution in [0.25, 0.3) is 0 Å². The molecule has 1 N–H and O–H groups in total. The maximum atomic E-state index is 11.7. The molecule has 0 radical (unpaired) electrons. The molecular weight excluding hydrogens is 238 g/mol. The average molecular weight is 253 g/mol. The zero-order valence-corrected chi connectivity index (χ0v) is 10.9. The van der Waals surface area contributed by atoms with Gasteiger partial charge in [-0.05, 0) is 37.1 Å². The number of hydrogen-bond acceptors (Lipinski definition) is 3. The lowest BCUT2D eigenvalue weighted by Gasteiger charge is -2.02. The molecule has 0 fully saturated rings. The predicted molar refractivity (Wildman–Crippen MR) is 75.2 cm³/mol. The molecule has 2 aromatic rings. The van der Waals surface area contributed by atoms with Gasteiger partial charge in [0.15, 0.2) is 0 Å². The van der Waals surface area contributed by atoms with Crippen LogP contribution in [-0.2, 0) is 0 Å². The number of hydrogen-bond donors (Lipinski definition) is 1. The Kier molecular flexibility index (Phi) is 4.03. The van der Waals surface area contributed by atoms with E-state index in [1.54, 1.807) is 30.7 Å². The molecule has 0 aliphatic rings. The summed E-state index contributed by atoms with van der Waals surface area (Å²) in [5.41, 5.74) is 6.34. The number of benzene rings is 1. The van der Waals surface area contributed by atoms with Crippen molar-refractivity contribution in [3.8, 4) is 0 Å². The van der Waals surface area contributed by atoms with Gasteiger partial charge in [0, 0.05) is 18.0 Å². The molecular formula is C15H15N3O. The molecule has 96 valence electrons. The van der Waals surface area contributed by atoms with Gasteiger partial charge in [-0.1, -0.05) is 23.8 Å². The van der Waals surface area contributed by atoms with Crippen LogP contribution in [0.5, 0.6) is 0 Å². The number of carbonyl (C=O) groups excluding carboxylic acids is 1. The first-order chi connectivity index (χ1) is 9.16. The van der Waals surface area contributed by atoms with Crippen LogP contribution in [0.3, 0.4) is 0 Å². The molecule has 19 heavy (non-hydrogen) atoms. The topological polar surface area (TPSA) is 54.4 Å². The molecule has 0 saturated heterocycles. The predicted octanol–water partition coefficient (Wildman–Crippen LogP) is 2.46. The van der Waals surface area contributed by atoms with Crippen LogP contribution in [0.15, 0.2) is 47.8 Å². The standard InChI is InChI=1S/C15H15N3O/c1-11-3-4-14(12(2)9-11)10-17-18-15(19)13-5-7-16-8-6-13/h3-10H,1-2H3,(H,18,19). The summed E-state index contributed by atoms with van der Waals surface area (Å²) in [6, 6.07) is 9.35. The normalized spacial score (nSPS) is 10.6. The Balaban J connectivity index is 2.02. The Morgan fingerprint density at radius 2 is 1.95 bits per heavy atom. The maximum absolute atomic E-state index is 11.7. The third-order valence-electron chi connectivity index (χ3n) is 2.74. The van der Waals surface area contributed by atoms with Crippen molar-refractivity contribution >= 4 is 12.1 Å². The number of pyridine rings is 1. The average Bonchev–Trinajstić information content (AvgIpc) is 2.42. The minimum atomic E-state index is -0.247. The van der Waals surface area contributed by atoms with Crippen molar-refractivity contribution in [2.75, 3.05) is 0 Å². The first-order valence-corrected chi connectivity index (χ1v) is 5.97. The van der Waals surface area contributed by atoms with Crippen LogP contribution in [0.1, 0.15) is 27.0 Å². The second-order valence-electron chi connectivity index (χ2n) is 4.30. The van der Waals surface area contributed by atoms with Crippen LogP contribution >= 0.6 is 0 Å². The molecule has 0 atom stereocenters. The van der Waals surface area contributed by atoms with E-state index in [1.807, 2.05) is 26.0 Å². The number of rotatable bonds is 3. The molecule has 1 aromatic heterocycles. The van der Waals surface area contributed by atoms with Crippen molar-refractivity contribution in [3.63, 3.8) is 0 Å². The number of aryl methyl sites for hydroxylation is 2. The summed E-state index contributed by atoms with van der Waals surface area (Å²) < 4.78 is 0. The highest BCUT2D eigenvalue weighted by Gasteiger charge is 2.02. The summed E-state index contributed by atoms with van der Waals surface area (Å²) in [5.74, 6) is -0.247. The lowest BCUT2D eigenvalue weighted by Crippen LogP contribution is -2.17. The summed E-state index contributed by atoms with van der Waals surface area (Å²) >= 11 is 0. The van der Waals surface area contributed by atoms with Crippen LogP contribution < -0.4 is 5.43 Å². The second kappa shape index (κ2) is 5.91. The van der Waals surface area contributed by atoms with Gasteiger partial charge in [0.1, 0.15) is 0 Å². The molecule has 1 heterocycles. The van der Waals surface area contributed by atoms with Crippen molar-refractivity contribution in [1.29, 1.82) is 0 Å². The number of nitrogens with one attached hydrogen (secondary N) is 1. The van der Waals surface area contributed by atoms with E-state index in [0.29, 0.717) is 5.56 Å². The fourth-order valence-corrected chi connectivity index (χ4v) is 1.70. The Bertz CT molecular complexity index is 606. The highest BCUT2D eigenvalue weighted by Crippen LogP contribution is 2.07. The van der Waals surface area contributed by atoms with Crippen LogP contribution in [-0.4, -0.2) is 17.1 Å². The van der Waals surface area contributed by atoms with Crippen molar-refractivity contribution in [2.24, 2.45) is 5.10 Å². The summed E-state index contributed by atoms with van der Waals surface area (Å²) in [7, 11) is 0. The smallest absolute Gasteiger partial charge is 0.267 e. The molecule has 0 saturated carbocycles. The number of hydrazone groups is 1. The fourth-order valence-electron chi connectivity index (χ4n) is 1.70. The molecule has 0 aliphatic heterocycles. The molecule has 1 amide bonds. The molecule has 0 bridgehead atoms. The molecule has 4 heteroatoms. The van der Waals surface area contributed by atoms with E-state index in [4.69, 9.17) is 0 Å². The largest absolute Gasteiger partial charge is 0.271 e. The third-order valence-corrected chi connectivity index (χ3v) is 2.74. The van der Waals surface area contributed by atoms with E-state index in [1.165, 1.54) is 5.56 Å². The van der Waals surface area contributed by atoms with E-state index >= 15 is 0 Å². The van der Waals surface area contributed by atoms with Crippen molar-refractivity contribution in [1.82, 2.24) is 10.4 Å². The van der Waals surface area contributed by atoms with Crippen LogP contribution in [0.2, 0.25) is 0 Å². The van der Waals surface area contributed by atoms with Crippen molar-refractivity contribution in [3.05, 3.63) is 65.0 Å². The van der Waals surface area contributed by atoms with Gasteiger partial charge in [-0.15, -0.1) is 0 Å². The van der Waals surface area contributed by atoms with Gasteiger partial charge in [-0.25, -0.2) is 5.43 Å². The fraction of sp³-hybridized carbons (Fsp3) is 0.133. The van der Waals surface area contributed by atoms with Gasteiger partial charge in [0.05, 0.1) is 6.21 Å². The minimum Gasteiger partial charge on any atom is -0.267 e. The van der Waals surface area contributed by atoms with Crippen LogP contribution in [0.4, 0.5) is 0 Å². The first kappa shape index (κ1) is 13.0. The Hall–Kier alpha value is -2.49. The molecule has 0 unspecified atom stereocenters. The highest BCUT2D eigenvalue weighted by molar-refractivity contribution is 5.94. The third kappa shape index (κ3) is 3.48. The van der Waals surface area contributed by atoms with E-state index in [0.717, 1.165) is 11.1 Å².